The van der Waals surface area contributed by atoms with Crippen LogP contribution in [0.5, 0.6) is 5.75 Å². The molecule has 1 heterocycles. The summed E-state index contributed by atoms with van der Waals surface area (Å²) in [5.74, 6) is -0.947. The van der Waals surface area contributed by atoms with Crippen molar-refractivity contribution in [2.75, 3.05) is 19.8 Å². The summed E-state index contributed by atoms with van der Waals surface area (Å²) >= 11 is 0. The second-order valence-electron chi connectivity index (χ2n) is 7.46. The minimum absolute atomic E-state index is 0.241. The third-order valence-corrected chi connectivity index (χ3v) is 4.59. The molecule has 1 aliphatic carbocycles. The van der Waals surface area contributed by atoms with E-state index in [1.54, 1.807) is 18.2 Å². The van der Waals surface area contributed by atoms with Gasteiger partial charge < -0.3 is 19.2 Å². The lowest BCUT2D eigenvalue weighted by atomic mass is 10.1. The van der Waals surface area contributed by atoms with Crippen molar-refractivity contribution in [2.24, 2.45) is 5.92 Å². The molecule has 9 heteroatoms. The summed E-state index contributed by atoms with van der Waals surface area (Å²) < 4.78 is 15.5. The molecule has 0 atom stereocenters. The topological polar surface area (TPSA) is 124 Å². The number of urea groups is 1. The van der Waals surface area contributed by atoms with Gasteiger partial charge >= 0.3 is 17.6 Å². The van der Waals surface area contributed by atoms with Gasteiger partial charge in [-0.2, -0.15) is 0 Å². The molecule has 2 aromatic rings. The molecule has 160 valence electrons. The first kappa shape index (κ1) is 21.4. The number of benzene rings is 1. The van der Waals surface area contributed by atoms with Crippen LogP contribution in [0.4, 0.5) is 4.79 Å². The molecule has 2 N–H and O–H groups in total. The predicted molar refractivity (Wildman–Crippen MR) is 107 cm³/mol. The van der Waals surface area contributed by atoms with E-state index in [1.807, 2.05) is 13.8 Å². The molecular weight excluding hydrogens is 392 g/mol. The van der Waals surface area contributed by atoms with Crippen LogP contribution in [0.2, 0.25) is 0 Å². The lowest BCUT2D eigenvalue weighted by molar-refractivity contribution is -0.150. The number of esters is 1. The zero-order valence-corrected chi connectivity index (χ0v) is 16.9. The van der Waals surface area contributed by atoms with Gasteiger partial charge in [-0.05, 0) is 42.9 Å². The first-order valence-electron chi connectivity index (χ1n) is 9.78. The molecule has 1 aromatic heterocycles. The zero-order valence-electron chi connectivity index (χ0n) is 16.9. The number of carbonyl (C=O) groups is 3. The van der Waals surface area contributed by atoms with Gasteiger partial charge in [0.05, 0.1) is 0 Å². The molecule has 0 fully saturated rings. The van der Waals surface area contributed by atoms with Gasteiger partial charge in [0.15, 0.2) is 13.2 Å². The highest BCUT2D eigenvalue weighted by Crippen LogP contribution is 2.29. The number of ether oxygens (including phenoxy) is 2. The Balaban J connectivity index is 1.48. The van der Waals surface area contributed by atoms with Crippen molar-refractivity contribution in [3.05, 3.63) is 39.7 Å². The van der Waals surface area contributed by atoms with Crippen LogP contribution in [0.1, 0.15) is 31.4 Å². The Morgan fingerprint density at radius 1 is 1.13 bits per heavy atom. The second kappa shape index (κ2) is 9.43. The molecule has 3 rings (SSSR count). The van der Waals surface area contributed by atoms with E-state index < -0.39 is 31.1 Å². The van der Waals surface area contributed by atoms with E-state index in [0.717, 1.165) is 35.8 Å². The fraction of sp³-hybridized carbons (Fsp3) is 0.429. The van der Waals surface area contributed by atoms with Crippen molar-refractivity contribution in [3.8, 4) is 5.75 Å². The lowest BCUT2D eigenvalue weighted by Crippen LogP contribution is -2.42. The van der Waals surface area contributed by atoms with Gasteiger partial charge in [0, 0.05) is 23.6 Å². The van der Waals surface area contributed by atoms with Gasteiger partial charge in [-0.25, -0.2) is 14.4 Å². The van der Waals surface area contributed by atoms with Crippen LogP contribution in [-0.2, 0) is 27.2 Å². The number of hydrogen-bond donors (Lipinski definition) is 2. The van der Waals surface area contributed by atoms with E-state index in [9.17, 15) is 19.2 Å². The first-order valence-corrected chi connectivity index (χ1v) is 9.78. The molecule has 0 aliphatic heterocycles. The van der Waals surface area contributed by atoms with Crippen molar-refractivity contribution in [1.82, 2.24) is 10.6 Å². The highest BCUT2D eigenvalue weighted by Gasteiger charge is 2.20. The SMILES string of the molecule is CC(C)CNC(=O)NC(=O)COC(=O)COc1ccc2c3c(c(=O)oc2c1)CCC3. The molecule has 0 bridgehead atoms. The normalized spacial score (nSPS) is 12.5. The monoisotopic (exact) mass is 416 g/mol. The van der Waals surface area contributed by atoms with Crippen LogP contribution >= 0.6 is 0 Å². The first-order chi connectivity index (χ1) is 14.3. The van der Waals surface area contributed by atoms with E-state index in [-0.39, 0.29) is 11.5 Å². The number of nitrogens with one attached hydrogen (secondary N) is 2. The summed E-state index contributed by atoms with van der Waals surface area (Å²) in [6.45, 7) is 3.21. The standard InChI is InChI=1S/C21H24N2O7/c1-12(2)9-22-21(27)23-18(24)10-29-19(25)11-28-13-6-7-15-14-4-3-5-16(14)20(26)30-17(15)8-13/h6-8,12H,3-5,9-11H2,1-2H3,(H2,22,23,24,27). The number of imide groups is 1. The third kappa shape index (κ3) is 5.37. The van der Waals surface area contributed by atoms with Crippen molar-refractivity contribution < 1.29 is 28.3 Å². The fourth-order valence-corrected chi connectivity index (χ4v) is 3.19. The molecule has 0 spiro atoms. The lowest BCUT2D eigenvalue weighted by Gasteiger charge is -2.10. The summed E-state index contributed by atoms with van der Waals surface area (Å²) in [5, 5.41) is 5.44. The van der Waals surface area contributed by atoms with Gasteiger partial charge in [-0.1, -0.05) is 13.8 Å². The number of fused-ring (bicyclic) bond motifs is 3. The summed E-state index contributed by atoms with van der Waals surface area (Å²) in [6.07, 6.45) is 2.49. The Bertz CT molecular complexity index is 1030. The van der Waals surface area contributed by atoms with Gasteiger partial charge in [-0.15, -0.1) is 0 Å². The summed E-state index contributed by atoms with van der Waals surface area (Å²) in [6, 6.07) is 4.38. The van der Waals surface area contributed by atoms with Crippen molar-refractivity contribution in [3.63, 3.8) is 0 Å². The van der Waals surface area contributed by atoms with Crippen molar-refractivity contribution in [2.45, 2.75) is 33.1 Å². The van der Waals surface area contributed by atoms with Gasteiger partial charge in [0.2, 0.25) is 0 Å². The average Bonchev–Trinajstić information content (AvgIpc) is 3.20. The summed E-state index contributed by atoms with van der Waals surface area (Å²) in [7, 11) is 0. The summed E-state index contributed by atoms with van der Waals surface area (Å²) in [5.41, 5.74) is 1.81. The molecule has 0 radical (unpaired) electrons. The largest absolute Gasteiger partial charge is 0.482 e. The van der Waals surface area contributed by atoms with Crippen LogP contribution in [0.3, 0.4) is 0 Å². The van der Waals surface area contributed by atoms with Crippen molar-refractivity contribution >= 4 is 28.9 Å². The smallest absolute Gasteiger partial charge is 0.344 e. The fourth-order valence-electron chi connectivity index (χ4n) is 3.19. The average molecular weight is 416 g/mol. The number of aryl methyl sites for hydroxylation is 1. The molecule has 0 saturated heterocycles. The van der Waals surface area contributed by atoms with Gasteiger partial charge in [0.1, 0.15) is 11.3 Å². The number of carbonyl (C=O) groups excluding carboxylic acids is 3. The van der Waals surface area contributed by atoms with Crippen LogP contribution in [0.25, 0.3) is 11.0 Å². The number of rotatable bonds is 7. The predicted octanol–water partition coefficient (Wildman–Crippen LogP) is 1.69. The van der Waals surface area contributed by atoms with E-state index >= 15 is 0 Å². The van der Waals surface area contributed by atoms with E-state index in [1.165, 1.54) is 0 Å². The van der Waals surface area contributed by atoms with E-state index in [4.69, 9.17) is 13.9 Å². The molecule has 1 aromatic carbocycles. The molecular formula is C21H24N2O7. The molecule has 3 amide bonds. The molecule has 0 saturated carbocycles. The van der Waals surface area contributed by atoms with Gasteiger partial charge in [-0.3, -0.25) is 10.1 Å². The number of amides is 3. The Hall–Kier alpha value is -3.36. The van der Waals surface area contributed by atoms with Crippen molar-refractivity contribution in [1.29, 1.82) is 0 Å². The number of hydrogen-bond acceptors (Lipinski definition) is 7. The van der Waals surface area contributed by atoms with Gasteiger partial charge in [0.25, 0.3) is 5.91 Å². The van der Waals surface area contributed by atoms with E-state index in [0.29, 0.717) is 17.9 Å². The minimum Gasteiger partial charge on any atom is -0.482 e. The van der Waals surface area contributed by atoms with Crippen LogP contribution < -0.4 is 21.0 Å². The maximum Gasteiger partial charge on any atom is 0.344 e. The highest BCUT2D eigenvalue weighted by atomic mass is 16.6. The highest BCUT2D eigenvalue weighted by molar-refractivity contribution is 5.95. The Kier molecular flexibility index (Phi) is 6.71. The molecule has 9 nitrogen and oxygen atoms in total. The second-order valence-corrected chi connectivity index (χ2v) is 7.46. The van der Waals surface area contributed by atoms with Crippen LogP contribution in [0, 0.1) is 5.92 Å². The van der Waals surface area contributed by atoms with Crippen LogP contribution in [0.15, 0.2) is 27.4 Å². The molecule has 30 heavy (non-hydrogen) atoms. The maximum atomic E-state index is 12.1. The minimum atomic E-state index is -0.775. The molecule has 0 unspecified atom stereocenters. The van der Waals surface area contributed by atoms with Crippen LogP contribution in [-0.4, -0.2) is 37.7 Å². The third-order valence-electron chi connectivity index (χ3n) is 4.59. The zero-order chi connectivity index (χ0) is 21.7. The Labute approximate surface area is 172 Å². The summed E-state index contributed by atoms with van der Waals surface area (Å²) in [4.78, 5) is 46.9. The Morgan fingerprint density at radius 2 is 1.90 bits per heavy atom. The maximum absolute atomic E-state index is 12.1. The van der Waals surface area contributed by atoms with E-state index in [2.05, 4.69) is 10.6 Å². The Morgan fingerprint density at radius 3 is 2.67 bits per heavy atom. The quantitative estimate of drug-likeness (QED) is 0.520. The molecule has 1 aliphatic rings.